The Bertz CT molecular complexity index is 581. The third-order valence-corrected chi connectivity index (χ3v) is 4.28. The first-order valence-corrected chi connectivity index (χ1v) is 8.82. The van der Waals surface area contributed by atoms with Crippen molar-refractivity contribution < 1.29 is 4.74 Å². The van der Waals surface area contributed by atoms with Gasteiger partial charge in [-0.25, -0.2) is 0 Å². The summed E-state index contributed by atoms with van der Waals surface area (Å²) < 4.78 is 6.02. The summed E-state index contributed by atoms with van der Waals surface area (Å²) in [4.78, 5) is 2.44. The van der Waals surface area contributed by atoms with E-state index in [0.29, 0.717) is 0 Å². The fourth-order valence-corrected chi connectivity index (χ4v) is 2.80. The molecule has 0 aliphatic rings. The van der Waals surface area contributed by atoms with Gasteiger partial charge in [0, 0.05) is 10.6 Å². The van der Waals surface area contributed by atoms with Crippen LogP contribution in [0.3, 0.4) is 0 Å². The zero-order valence-corrected chi connectivity index (χ0v) is 14.9. The van der Waals surface area contributed by atoms with Crippen LogP contribution >= 0.6 is 11.6 Å². The Morgan fingerprint density at radius 2 is 1.70 bits per heavy atom. The van der Waals surface area contributed by atoms with E-state index in [1.807, 2.05) is 36.4 Å². The second kappa shape index (κ2) is 9.59. The molecular formula is C20H26ClNO. The molecule has 0 atom stereocenters. The molecule has 0 fully saturated rings. The van der Waals surface area contributed by atoms with Gasteiger partial charge in [0.15, 0.2) is 0 Å². The van der Waals surface area contributed by atoms with Gasteiger partial charge in [-0.3, -0.25) is 0 Å². The molecule has 0 amide bonds. The second-order valence-electron chi connectivity index (χ2n) is 5.59. The van der Waals surface area contributed by atoms with Crippen molar-refractivity contribution in [2.45, 2.75) is 26.7 Å². The van der Waals surface area contributed by atoms with E-state index >= 15 is 0 Å². The molecule has 2 aromatic carbocycles. The maximum absolute atomic E-state index is 6.16. The second-order valence-corrected chi connectivity index (χ2v) is 6.03. The van der Waals surface area contributed by atoms with Gasteiger partial charge in [-0.15, -0.1) is 0 Å². The topological polar surface area (TPSA) is 12.5 Å². The summed E-state index contributed by atoms with van der Waals surface area (Å²) in [5.74, 6) is 0.906. The molecule has 0 radical (unpaired) electrons. The van der Waals surface area contributed by atoms with E-state index in [0.717, 1.165) is 61.0 Å². The van der Waals surface area contributed by atoms with Crippen LogP contribution in [0.1, 0.15) is 26.7 Å². The average Bonchev–Trinajstić information content (AvgIpc) is 2.60. The Kier molecular flexibility index (Phi) is 7.44. The van der Waals surface area contributed by atoms with Crippen LogP contribution in [0.4, 0.5) is 0 Å². The van der Waals surface area contributed by atoms with Gasteiger partial charge in [0.05, 0.1) is 6.61 Å². The van der Waals surface area contributed by atoms with E-state index in [9.17, 15) is 0 Å². The summed E-state index contributed by atoms with van der Waals surface area (Å²) in [6.45, 7) is 8.53. The predicted octanol–water partition coefficient (Wildman–Crippen LogP) is 5.51. The zero-order chi connectivity index (χ0) is 16.5. The molecule has 0 aromatic heterocycles. The third-order valence-electron chi connectivity index (χ3n) is 4.05. The molecule has 23 heavy (non-hydrogen) atoms. The molecule has 2 rings (SSSR count). The van der Waals surface area contributed by atoms with Crippen molar-refractivity contribution in [2.24, 2.45) is 0 Å². The summed E-state index contributed by atoms with van der Waals surface area (Å²) in [6.07, 6.45) is 2.23. The van der Waals surface area contributed by atoms with Gasteiger partial charge in [-0.2, -0.15) is 0 Å². The first kappa shape index (κ1) is 17.8. The minimum atomic E-state index is 0.734. The first-order valence-electron chi connectivity index (χ1n) is 8.44. The maximum atomic E-state index is 6.16. The predicted molar refractivity (Wildman–Crippen MR) is 99.4 cm³/mol. The summed E-state index contributed by atoms with van der Waals surface area (Å²) in [5, 5.41) is 0.734. The Labute approximate surface area is 145 Å². The molecule has 0 N–H and O–H groups in total. The monoisotopic (exact) mass is 331 g/mol. The van der Waals surface area contributed by atoms with Crippen LogP contribution in [0.2, 0.25) is 5.02 Å². The van der Waals surface area contributed by atoms with E-state index in [1.54, 1.807) is 0 Å². The fraction of sp³-hybridized carbons (Fsp3) is 0.400. The summed E-state index contributed by atoms with van der Waals surface area (Å²) in [5.41, 5.74) is 2.19. The first-order chi connectivity index (χ1) is 11.2. The normalized spacial score (nSPS) is 11.0. The Morgan fingerprint density at radius 1 is 0.957 bits per heavy atom. The molecule has 0 unspecified atom stereocenters. The molecule has 0 heterocycles. The lowest BCUT2D eigenvalue weighted by Gasteiger charge is -2.18. The smallest absolute Gasteiger partial charge is 0.127 e. The standard InChI is InChI=1S/C20H26ClNO/c1-3-22(4-2)14-8-9-15-23-20-13-12-18(21)16-19(20)17-10-6-5-7-11-17/h5-7,10-13,16H,3-4,8-9,14-15H2,1-2H3. The highest BCUT2D eigenvalue weighted by Gasteiger charge is 2.07. The van der Waals surface area contributed by atoms with Crippen LogP contribution in [0.15, 0.2) is 48.5 Å². The zero-order valence-electron chi connectivity index (χ0n) is 14.1. The summed E-state index contributed by atoms with van der Waals surface area (Å²) in [7, 11) is 0. The largest absolute Gasteiger partial charge is 0.493 e. The van der Waals surface area contributed by atoms with Crippen molar-refractivity contribution >= 4 is 11.6 Å². The molecule has 0 saturated heterocycles. The summed E-state index contributed by atoms with van der Waals surface area (Å²) in [6, 6.07) is 16.1. The number of rotatable bonds is 9. The highest BCUT2D eigenvalue weighted by molar-refractivity contribution is 6.31. The van der Waals surface area contributed by atoms with Crippen molar-refractivity contribution in [1.29, 1.82) is 0 Å². The van der Waals surface area contributed by atoms with E-state index in [2.05, 4.69) is 30.9 Å². The van der Waals surface area contributed by atoms with E-state index in [4.69, 9.17) is 16.3 Å². The number of ether oxygens (including phenoxy) is 1. The SMILES string of the molecule is CCN(CC)CCCCOc1ccc(Cl)cc1-c1ccccc1. The molecule has 0 saturated carbocycles. The van der Waals surface area contributed by atoms with Gasteiger partial charge in [0.2, 0.25) is 0 Å². The van der Waals surface area contributed by atoms with Gasteiger partial charge in [0.25, 0.3) is 0 Å². The van der Waals surface area contributed by atoms with Crippen molar-refractivity contribution in [3.63, 3.8) is 0 Å². The average molecular weight is 332 g/mol. The number of hydrogen-bond acceptors (Lipinski definition) is 2. The van der Waals surface area contributed by atoms with Crippen molar-refractivity contribution in [3.05, 3.63) is 53.6 Å². The molecule has 3 heteroatoms. The van der Waals surface area contributed by atoms with Crippen molar-refractivity contribution in [2.75, 3.05) is 26.2 Å². The summed E-state index contributed by atoms with van der Waals surface area (Å²) >= 11 is 6.16. The van der Waals surface area contributed by atoms with Crippen molar-refractivity contribution in [3.8, 4) is 16.9 Å². The Morgan fingerprint density at radius 3 is 2.39 bits per heavy atom. The van der Waals surface area contributed by atoms with Gasteiger partial charge in [-0.05, 0) is 56.2 Å². The van der Waals surface area contributed by atoms with Crippen molar-refractivity contribution in [1.82, 2.24) is 4.90 Å². The molecule has 2 nitrogen and oxygen atoms in total. The van der Waals surface area contributed by atoms with E-state index in [-0.39, 0.29) is 0 Å². The minimum absolute atomic E-state index is 0.734. The Balaban J connectivity index is 1.93. The number of nitrogens with zero attached hydrogens (tertiary/aromatic N) is 1. The molecule has 0 aliphatic carbocycles. The highest BCUT2D eigenvalue weighted by Crippen LogP contribution is 2.32. The molecular weight excluding hydrogens is 306 g/mol. The number of benzene rings is 2. The van der Waals surface area contributed by atoms with Gasteiger partial charge >= 0.3 is 0 Å². The number of hydrogen-bond donors (Lipinski definition) is 0. The molecule has 0 aliphatic heterocycles. The van der Waals surface area contributed by atoms with Crippen LogP contribution < -0.4 is 4.74 Å². The third kappa shape index (κ3) is 5.56. The lowest BCUT2D eigenvalue weighted by molar-refractivity contribution is 0.266. The lowest BCUT2D eigenvalue weighted by Crippen LogP contribution is -2.24. The number of halogens is 1. The molecule has 2 aromatic rings. The highest BCUT2D eigenvalue weighted by atomic mass is 35.5. The minimum Gasteiger partial charge on any atom is -0.493 e. The lowest BCUT2D eigenvalue weighted by atomic mass is 10.0. The van der Waals surface area contributed by atoms with Gasteiger partial charge in [0.1, 0.15) is 5.75 Å². The quantitative estimate of drug-likeness (QED) is 0.562. The maximum Gasteiger partial charge on any atom is 0.127 e. The van der Waals surface area contributed by atoms with Crippen LogP contribution in [0.25, 0.3) is 11.1 Å². The number of unbranched alkanes of at least 4 members (excludes halogenated alkanes) is 1. The van der Waals surface area contributed by atoms with Crippen LogP contribution in [-0.4, -0.2) is 31.1 Å². The van der Waals surface area contributed by atoms with Gasteiger partial charge in [-0.1, -0.05) is 55.8 Å². The van der Waals surface area contributed by atoms with E-state index in [1.165, 1.54) is 0 Å². The van der Waals surface area contributed by atoms with Crippen LogP contribution in [0, 0.1) is 0 Å². The van der Waals surface area contributed by atoms with Crippen LogP contribution in [-0.2, 0) is 0 Å². The van der Waals surface area contributed by atoms with Crippen LogP contribution in [0.5, 0.6) is 5.75 Å². The molecule has 124 valence electrons. The molecule has 0 bridgehead atoms. The Hall–Kier alpha value is -1.51. The van der Waals surface area contributed by atoms with E-state index < -0.39 is 0 Å². The molecule has 0 spiro atoms. The fourth-order valence-electron chi connectivity index (χ4n) is 2.63. The van der Waals surface area contributed by atoms with Gasteiger partial charge < -0.3 is 9.64 Å².